The summed E-state index contributed by atoms with van der Waals surface area (Å²) in [5.74, 6) is 0. The Labute approximate surface area is 86.9 Å². The number of hydrogen-bond donors (Lipinski definition) is 0. The second-order valence-corrected chi connectivity index (χ2v) is 5.22. The Morgan fingerprint density at radius 1 is 1.00 bits per heavy atom. The van der Waals surface area contributed by atoms with E-state index in [4.69, 9.17) is 0 Å². The fraction of sp³-hybridized carbons (Fsp3) is 0. The van der Waals surface area contributed by atoms with Crippen LogP contribution in [0.2, 0.25) is 0 Å². The highest BCUT2D eigenvalue weighted by atomic mass is 79.9. The smallest absolute Gasteiger partial charge is 0.105 e. The predicted octanol–water partition coefficient (Wildman–Crippen LogP) is -0.320. The lowest BCUT2D eigenvalue weighted by Gasteiger charge is -2.42. The van der Waals surface area contributed by atoms with E-state index in [2.05, 4.69) is 31.9 Å². The van der Waals surface area contributed by atoms with E-state index in [1.165, 1.54) is 12.1 Å². The molecule has 0 saturated carbocycles. The summed E-state index contributed by atoms with van der Waals surface area (Å²) >= 11 is 5.96. The van der Waals surface area contributed by atoms with Crippen molar-refractivity contribution in [2.75, 3.05) is 0 Å². The molecule has 0 amide bonds. The Morgan fingerprint density at radius 3 is 1.67 bits per heavy atom. The van der Waals surface area contributed by atoms with E-state index >= 15 is 0 Å². The van der Waals surface area contributed by atoms with Crippen molar-refractivity contribution in [1.82, 2.24) is 0 Å². The predicted molar refractivity (Wildman–Crippen MR) is 48.4 cm³/mol. The Bertz CT molecular complexity index is 277. The van der Waals surface area contributed by atoms with E-state index in [1.807, 2.05) is 0 Å². The van der Waals surface area contributed by atoms with E-state index in [0.717, 1.165) is 0 Å². The molecule has 0 saturated heterocycles. The van der Waals surface area contributed by atoms with Crippen LogP contribution in [-0.4, -0.2) is 0 Å². The summed E-state index contributed by atoms with van der Waals surface area (Å²) in [4.78, 5) is 32.1. The molecule has 1 aromatic carbocycles. The lowest BCUT2D eigenvalue weighted by molar-refractivity contribution is -0.421. The third-order valence-electron chi connectivity index (χ3n) is 1.21. The van der Waals surface area contributed by atoms with Crippen LogP contribution in [0.25, 0.3) is 0 Å². The summed E-state index contributed by atoms with van der Waals surface area (Å²) in [5, 5.41) is -0.231. The third kappa shape index (κ3) is 2.25. The Hall–Kier alpha value is 0.490. The second-order valence-electron chi connectivity index (χ2n) is 2.07. The first kappa shape index (κ1) is 10.6. The van der Waals surface area contributed by atoms with Crippen molar-refractivity contribution in [3.63, 3.8) is 0 Å². The molecule has 0 aromatic heterocycles. The van der Waals surface area contributed by atoms with Gasteiger partial charge in [-0.05, 0) is 44.0 Å². The van der Waals surface area contributed by atoms with Gasteiger partial charge in [-0.3, -0.25) is 0 Å². The molecule has 3 nitrogen and oxygen atoms in total. The topological polar surface area (TPSA) is 69.2 Å². The monoisotopic (exact) mass is 312 g/mol. The minimum absolute atomic E-state index is 0.231. The standard InChI is InChI=1S/C6H5Br2O3P/c7-4-2-1-3-5(8)6(4)12(9,10)11/h1-3H,(H2,9,10,11)/p-2. The Balaban J connectivity index is 3.31. The second kappa shape index (κ2) is 3.70. The van der Waals surface area contributed by atoms with Gasteiger partial charge in [-0.25, -0.2) is 0 Å². The van der Waals surface area contributed by atoms with Crippen LogP contribution in [0.3, 0.4) is 0 Å². The third-order valence-corrected chi connectivity index (χ3v) is 4.18. The van der Waals surface area contributed by atoms with Crippen LogP contribution >= 0.6 is 39.8 Å². The van der Waals surface area contributed by atoms with Crippen molar-refractivity contribution in [2.45, 2.75) is 0 Å². The summed E-state index contributed by atoms with van der Waals surface area (Å²) < 4.78 is 0.565. The number of rotatable bonds is 1. The van der Waals surface area contributed by atoms with Crippen molar-refractivity contribution in [3.8, 4) is 0 Å². The van der Waals surface area contributed by atoms with E-state index < -0.39 is 7.94 Å². The van der Waals surface area contributed by atoms with Gasteiger partial charge in [0.2, 0.25) is 0 Å². The first-order valence-corrected chi connectivity index (χ1v) is 6.02. The van der Waals surface area contributed by atoms with Gasteiger partial charge in [-0.2, -0.15) is 0 Å². The Morgan fingerprint density at radius 2 is 1.42 bits per heavy atom. The van der Waals surface area contributed by atoms with Crippen LogP contribution in [-0.2, 0) is 0 Å². The maximum atomic E-state index is 10.7. The van der Waals surface area contributed by atoms with E-state index in [-0.39, 0.29) is 14.2 Å². The molecule has 66 valence electrons. The van der Waals surface area contributed by atoms with Crippen LogP contribution in [0, 0.1) is 0 Å². The van der Waals surface area contributed by atoms with Gasteiger partial charge in [-0.15, -0.1) is 7.94 Å². The van der Waals surface area contributed by atoms with Gasteiger partial charge in [0.05, 0.1) is 8.95 Å². The summed E-state index contributed by atoms with van der Waals surface area (Å²) in [5.41, 5.74) is 0. The van der Waals surface area contributed by atoms with Crippen LogP contribution in [0.5, 0.6) is 0 Å². The number of benzene rings is 1. The van der Waals surface area contributed by atoms with Gasteiger partial charge in [0.25, 0.3) is 0 Å². The van der Waals surface area contributed by atoms with E-state index in [0.29, 0.717) is 0 Å². The Kier molecular flexibility index (Phi) is 3.26. The highest BCUT2D eigenvalue weighted by Crippen LogP contribution is 2.34. The zero-order valence-electron chi connectivity index (χ0n) is 5.66. The molecule has 1 aromatic rings. The quantitative estimate of drug-likeness (QED) is 0.667. The molecule has 0 aliphatic carbocycles. The van der Waals surface area contributed by atoms with Crippen LogP contribution in [0.4, 0.5) is 0 Å². The van der Waals surface area contributed by atoms with Gasteiger partial charge >= 0.3 is 0 Å². The zero-order valence-corrected chi connectivity index (χ0v) is 9.73. The highest BCUT2D eigenvalue weighted by molar-refractivity contribution is 9.11. The highest BCUT2D eigenvalue weighted by Gasteiger charge is 2.12. The largest absolute Gasteiger partial charge is 0.683 e. The van der Waals surface area contributed by atoms with Crippen LogP contribution in [0.15, 0.2) is 27.1 Å². The molecule has 0 spiro atoms. The van der Waals surface area contributed by atoms with Crippen molar-refractivity contribution in [3.05, 3.63) is 27.1 Å². The fourth-order valence-corrected chi connectivity index (χ4v) is 3.72. The van der Waals surface area contributed by atoms with Gasteiger partial charge in [0.15, 0.2) is 0 Å². The van der Waals surface area contributed by atoms with E-state index in [1.54, 1.807) is 6.07 Å². The molecule has 0 fully saturated rings. The molecule has 12 heavy (non-hydrogen) atoms. The molecule has 0 bridgehead atoms. The maximum Gasteiger partial charge on any atom is 0.105 e. The van der Waals surface area contributed by atoms with Gasteiger partial charge < -0.3 is 14.7 Å². The van der Waals surface area contributed by atoms with Crippen LogP contribution < -0.4 is 20.0 Å². The van der Waals surface area contributed by atoms with Gasteiger partial charge in [-0.1, -0.05) is 6.07 Å². The molecule has 0 atom stereocenters. The van der Waals surface area contributed by atoms with Crippen molar-refractivity contribution >= 4 is 45.1 Å². The summed E-state index contributed by atoms with van der Waals surface area (Å²) in [6.45, 7) is 0. The van der Waals surface area contributed by atoms with Crippen molar-refractivity contribution < 1.29 is 14.7 Å². The molecular weight excluding hydrogens is 311 g/mol. The van der Waals surface area contributed by atoms with Crippen molar-refractivity contribution in [2.24, 2.45) is 0 Å². The number of halogens is 2. The van der Waals surface area contributed by atoms with Gasteiger partial charge in [0.1, 0.15) is 5.30 Å². The minimum Gasteiger partial charge on any atom is -0.683 e. The normalized spacial score (nSPS) is 11.8. The van der Waals surface area contributed by atoms with Gasteiger partial charge in [0, 0.05) is 0 Å². The summed E-state index contributed by atoms with van der Waals surface area (Å²) in [7, 11) is -4.69. The molecule has 0 N–H and O–H groups in total. The minimum atomic E-state index is -4.69. The molecule has 6 heteroatoms. The molecule has 0 heterocycles. The molecule has 1 rings (SSSR count). The zero-order chi connectivity index (χ0) is 9.35. The fourth-order valence-electron chi connectivity index (χ4n) is 0.751. The first-order chi connectivity index (χ1) is 5.43. The lowest BCUT2D eigenvalue weighted by atomic mass is 10.4. The van der Waals surface area contributed by atoms with E-state index in [9.17, 15) is 14.7 Å². The van der Waals surface area contributed by atoms with Crippen LogP contribution in [0.1, 0.15) is 0 Å². The summed E-state index contributed by atoms with van der Waals surface area (Å²) in [6.07, 6.45) is 0. The van der Waals surface area contributed by atoms with Crippen molar-refractivity contribution in [1.29, 1.82) is 0 Å². The average Bonchev–Trinajstić information content (AvgIpc) is 1.82. The molecule has 0 radical (unpaired) electrons. The average molecular weight is 314 g/mol. The lowest BCUT2D eigenvalue weighted by Crippen LogP contribution is -2.41. The molecular formula is C6H3Br2O3P-2. The first-order valence-electron chi connectivity index (χ1n) is 2.89. The number of hydrogen-bond acceptors (Lipinski definition) is 3. The SMILES string of the molecule is [O-][P+]([O-])([O-])c1c(Br)cccc1Br. The molecule has 0 aliphatic heterocycles. The maximum absolute atomic E-state index is 10.7. The molecule has 0 aliphatic rings. The summed E-state index contributed by atoms with van der Waals surface area (Å²) in [6, 6.07) is 4.64. The molecule has 0 unspecified atom stereocenters.